The van der Waals surface area contributed by atoms with Crippen LogP contribution >= 0.6 is 0 Å². The predicted octanol–water partition coefficient (Wildman–Crippen LogP) is -0.0178. The first-order valence-corrected chi connectivity index (χ1v) is 7.73. The summed E-state index contributed by atoms with van der Waals surface area (Å²) >= 11 is 0. The number of sulfonamides is 1. The van der Waals surface area contributed by atoms with Crippen molar-refractivity contribution in [2.75, 3.05) is 27.2 Å². The van der Waals surface area contributed by atoms with Crippen LogP contribution in [0.25, 0.3) is 0 Å². The van der Waals surface area contributed by atoms with Gasteiger partial charge in [-0.3, -0.25) is 4.79 Å². The molecule has 1 N–H and O–H groups in total. The van der Waals surface area contributed by atoms with Gasteiger partial charge in [0.1, 0.15) is 5.82 Å². The largest absolute Gasteiger partial charge is 0.452 e. The third-order valence-electron chi connectivity index (χ3n) is 2.66. The lowest BCUT2D eigenvalue weighted by molar-refractivity contribution is -0.123. The van der Waals surface area contributed by atoms with E-state index in [1.165, 1.54) is 14.1 Å². The molecule has 1 rings (SSSR count). The molecular formula is C14H15FN2O5S. The molecule has 23 heavy (non-hydrogen) atoms. The lowest BCUT2D eigenvalue weighted by atomic mass is 10.2. The number of rotatable bonds is 6. The molecule has 0 atom stereocenters. The van der Waals surface area contributed by atoms with Gasteiger partial charge in [0.2, 0.25) is 10.0 Å². The van der Waals surface area contributed by atoms with Crippen LogP contribution in [0.15, 0.2) is 23.1 Å². The van der Waals surface area contributed by atoms with Gasteiger partial charge in [-0.2, -0.15) is 0 Å². The quantitative estimate of drug-likeness (QED) is 0.579. The number of amides is 1. The first-order chi connectivity index (χ1) is 10.7. The highest BCUT2D eigenvalue weighted by Crippen LogP contribution is 2.18. The van der Waals surface area contributed by atoms with Gasteiger partial charge in [-0.15, -0.1) is 6.42 Å². The molecule has 9 heteroatoms. The van der Waals surface area contributed by atoms with Crippen LogP contribution in [-0.2, 0) is 19.6 Å². The van der Waals surface area contributed by atoms with E-state index in [1.54, 1.807) is 0 Å². The summed E-state index contributed by atoms with van der Waals surface area (Å²) < 4.78 is 43.2. The molecule has 0 spiro atoms. The Morgan fingerprint density at radius 1 is 1.39 bits per heavy atom. The Bertz CT molecular complexity index is 753. The summed E-state index contributed by atoms with van der Waals surface area (Å²) in [6.45, 7) is -0.702. The van der Waals surface area contributed by atoms with E-state index in [0.717, 1.165) is 22.5 Å². The summed E-state index contributed by atoms with van der Waals surface area (Å²) in [5, 5.41) is 2.26. The minimum Gasteiger partial charge on any atom is -0.452 e. The first-order valence-electron chi connectivity index (χ1n) is 6.29. The zero-order chi connectivity index (χ0) is 17.6. The van der Waals surface area contributed by atoms with E-state index >= 15 is 0 Å². The van der Waals surface area contributed by atoms with Crippen molar-refractivity contribution in [1.82, 2.24) is 9.62 Å². The van der Waals surface area contributed by atoms with Crippen LogP contribution in [0.2, 0.25) is 0 Å². The van der Waals surface area contributed by atoms with Crippen LogP contribution in [0, 0.1) is 18.2 Å². The molecule has 1 aromatic carbocycles. The standard InChI is InChI=1S/C14H15FN2O5S/c1-4-7-16-13(18)9-22-14(19)11-8-10(5-6-12(11)15)23(20,21)17(2)3/h1,5-6,8H,7,9H2,2-3H3,(H,16,18). The van der Waals surface area contributed by atoms with E-state index in [-0.39, 0.29) is 11.4 Å². The molecule has 7 nitrogen and oxygen atoms in total. The molecule has 0 heterocycles. The number of carbonyl (C=O) groups is 2. The van der Waals surface area contributed by atoms with Gasteiger partial charge in [0.05, 0.1) is 17.0 Å². The van der Waals surface area contributed by atoms with Gasteiger partial charge in [0.25, 0.3) is 5.91 Å². The second kappa shape index (κ2) is 7.71. The van der Waals surface area contributed by atoms with Gasteiger partial charge in [-0.05, 0) is 18.2 Å². The van der Waals surface area contributed by atoms with Crippen LogP contribution in [-0.4, -0.2) is 51.8 Å². The van der Waals surface area contributed by atoms with Gasteiger partial charge in [-0.1, -0.05) is 5.92 Å². The van der Waals surface area contributed by atoms with Crippen molar-refractivity contribution >= 4 is 21.9 Å². The summed E-state index contributed by atoms with van der Waals surface area (Å²) in [6.07, 6.45) is 4.94. The maximum absolute atomic E-state index is 13.7. The fraction of sp³-hybridized carbons (Fsp3) is 0.286. The van der Waals surface area contributed by atoms with E-state index in [0.29, 0.717) is 0 Å². The Morgan fingerprint density at radius 2 is 2.04 bits per heavy atom. The molecule has 0 saturated heterocycles. The lowest BCUT2D eigenvalue weighted by Crippen LogP contribution is -2.29. The highest BCUT2D eigenvalue weighted by Gasteiger charge is 2.22. The minimum absolute atomic E-state index is 0.0404. The highest BCUT2D eigenvalue weighted by molar-refractivity contribution is 7.89. The van der Waals surface area contributed by atoms with Gasteiger partial charge >= 0.3 is 5.97 Å². The maximum atomic E-state index is 13.7. The molecule has 1 amide bonds. The normalized spacial score (nSPS) is 10.9. The highest BCUT2D eigenvalue weighted by atomic mass is 32.2. The predicted molar refractivity (Wildman–Crippen MR) is 79.4 cm³/mol. The fourth-order valence-electron chi connectivity index (χ4n) is 1.44. The van der Waals surface area contributed by atoms with Crippen molar-refractivity contribution in [3.8, 4) is 12.3 Å². The first kappa shape index (κ1) is 18.6. The van der Waals surface area contributed by atoms with Crippen LogP contribution in [0.4, 0.5) is 4.39 Å². The summed E-state index contributed by atoms with van der Waals surface area (Å²) in [4.78, 5) is 22.8. The zero-order valence-corrected chi connectivity index (χ0v) is 13.3. The van der Waals surface area contributed by atoms with Gasteiger partial charge in [0.15, 0.2) is 6.61 Å². The van der Waals surface area contributed by atoms with E-state index in [4.69, 9.17) is 6.42 Å². The number of ether oxygens (including phenoxy) is 1. The van der Waals surface area contributed by atoms with Crippen molar-refractivity contribution in [3.63, 3.8) is 0 Å². The van der Waals surface area contributed by atoms with Gasteiger partial charge in [-0.25, -0.2) is 21.9 Å². The Balaban J connectivity index is 2.94. The number of hydrogen-bond donors (Lipinski definition) is 1. The average molecular weight is 342 g/mol. The molecular weight excluding hydrogens is 327 g/mol. The molecule has 0 aliphatic rings. The molecule has 0 fully saturated rings. The number of terminal acetylenes is 1. The minimum atomic E-state index is -3.84. The number of benzene rings is 1. The van der Waals surface area contributed by atoms with Gasteiger partial charge in [0, 0.05) is 14.1 Å². The molecule has 0 aliphatic heterocycles. The van der Waals surface area contributed by atoms with Crippen LogP contribution < -0.4 is 5.32 Å². The third kappa shape index (κ3) is 4.77. The second-order valence-electron chi connectivity index (χ2n) is 4.49. The Kier molecular flexibility index (Phi) is 6.24. The van der Waals surface area contributed by atoms with Gasteiger partial charge < -0.3 is 10.1 Å². The van der Waals surface area contributed by atoms with E-state index < -0.39 is 39.9 Å². The Morgan fingerprint density at radius 3 is 2.61 bits per heavy atom. The summed E-state index contributed by atoms with van der Waals surface area (Å²) in [5.74, 6) is -0.620. The van der Waals surface area contributed by atoms with E-state index in [2.05, 4.69) is 16.0 Å². The topological polar surface area (TPSA) is 92.8 Å². The molecule has 0 aliphatic carbocycles. The van der Waals surface area contributed by atoms with E-state index in [9.17, 15) is 22.4 Å². The zero-order valence-electron chi connectivity index (χ0n) is 12.5. The van der Waals surface area contributed by atoms with Crippen LogP contribution in [0.3, 0.4) is 0 Å². The van der Waals surface area contributed by atoms with Crippen molar-refractivity contribution in [2.24, 2.45) is 0 Å². The summed E-state index contributed by atoms with van der Waals surface area (Å²) in [5.41, 5.74) is -0.585. The van der Waals surface area contributed by atoms with Crippen LogP contribution in [0.5, 0.6) is 0 Å². The number of nitrogens with one attached hydrogen (secondary N) is 1. The molecule has 1 aromatic rings. The van der Waals surface area contributed by atoms with Crippen molar-refractivity contribution in [2.45, 2.75) is 4.90 Å². The molecule has 0 unspecified atom stereocenters. The number of hydrogen-bond acceptors (Lipinski definition) is 5. The second-order valence-corrected chi connectivity index (χ2v) is 6.64. The number of esters is 1. The Labute approximate surface area is 133 Å². The van der Waals surface area contributed by atoms with Crippen LogP contribution in [0.1, 0.15) is 10.4 Å². The summed E-state index contributed by atoms with van der Waals surface area (Å²) in [7, 11) is -1.24. The van der Waals surface area contributed by atoms with Crippen molar-refractivity contribution in [3.05, 3.63) is 29.6 Å². The molecule has 0 aromatic heterocycles. The van der Waals surface area contributed by atoms with Crippen molar-refractivity contribution < 1.29 is 27.1 Å². The third-order valence-corrected chi connectivity index (χ3v) is 4.47. The molecule has 0 bridgehead atoms. The number of nitrogens with zero attached hydrogens (tertiary/aromatic N) is 1. The Hall–Kier alpha value is -2.44. The monoisotopic (exact) mass is 342 g/mol. The number of halogens is 1. The van der Waals surface area contributed by atoms with Crippen molar-refractivity contribution in [1.29, 1.82) is 0 Å². The lowest BCUT2D eigenvalue weighted by Gasteiger charge is -2.12. The van der Waals surface area contributed by atoms with E-state index in [1.807, 2.05) is 0 Å². The maximum Gasteiger partial charge on any atom is 0.341 e. The summed E-state index contributed by atoms with van der Waals surface area (Å²) in [6, 6.07) is 2.72. The SMILES string of the molecule is C#CCNC(=O)COC(=O)c1cc(S(=O)(=O)N(C)C)ccc1F. The smallest absolute Gasteiger partial charge is 0.341 e. The fourth-order valence-corrected chi connectivity index (χ4v) is 2.37. The molecule has 0 saturated carbocycles. The molecule has 124 valence electrons. The average Bonchev–Trinajstić information content (AvgIpc) is 2.50. The molecule has 0 radical (unpaired) electrons. The number of carbonyl (C=O) groups excluding carboxylic acids is 2.